The van der Waals surface area contributed by atoms with Gasteiger partial charge in [0.15, 0.2) is 0 Å². The minimum atomic E-state index is 0.146. The molecule has 1 rings (SSSR count). The van der Waals surface area contributed by atoms with Crippen LogP contribution in [0.2, 0.25) is 0 Å². The number of hydrogen-bond donors (Lipinski definition) is 1. The molecule has 0 aliphatic heterocycles. The minimum Gasteiger partial charge on any atom is -0.340 e. The van der Waals surface area contributed by atoms with E-state index in [2.05, 4.69) is 27.7 Å². The molecule has 0 radical (unpaired) electrons. The number of nitrogens with two attached hydrogens (primary N) is 1. The molecule has 1 aliphatic carbocycles. The second kappa shape index (κ2) is 6.39. The molecule has 0 aromatic carbocycles. The third kappa shape index (κ3) is 3.70. The van der Waals surface area contributed by atoms with Gasteiger partial charge in [-0.25, -0.2) is 0 Å². The summed E-state index contributed by atoms with van der Waals surface area (Å²) in [4.78, 5) is 14.6. The van der Waals surface area contributed by atoms with Crippen molar-refractivity contribution in [2.24, 2.45) is 17.6 Å². The van der Waals surface area contributed by atoms with Crippen LogP contribution in [0.1, 0.15) is 53.4 Å². The van der Waals surface area contributed by atoms with Crippen molar-refractivity contribution in [3.05, 3.63) is 0 Å². The summed E-state index contributed by atoms with van der Waals surface area (Å²) in [5.74, 6) is 0.956. The highest BCUT2D eigenvalue weighted by molar-refractivity contribution is 5.79. The molecule has 3 heteroatoms. The van der Waals surface area contributed by atoms with E-state index in [4.69, 9.17) is 5.73 Å². The lowest BCUT2D eigenvalue weighted by Crippen LogP contribution is -2.46. The van der Waals surface area contributed by atoms with Crippen LogP contribution in [0.25, 0.3) is 0 Å². The molecule has 3 atom stereocenters. The van der Waals surface area contributed by atoms with Gasteiger partial charge in [0.25, 0.3) is 0 Å². The lowest BCUT2D eigenvalue weighted by Gasteiger charge is -2.37. The van der Waals surface area contributed by atoms with E-state index < -0.39 is 0 Å². The average Bonchev–Trinajstić information content (AvgIpc) is 2.28. The van der Waals surface area contributed by atoms with Gasteiger partial charge in [-0.15, -0.1) is 0 Å². The summed E-state index contributed by atoms with van der Waals surface area (Å²) >= 11 is 0. The maximum absolute atomic E-state index is 12.6. The molecule has 3 unspecified atom stereocenters. The van der Waals surface area contributed by atoms with Crippen LogP contribution < -0.4 is 5.73 Å². The van der Waals surface area contributed by atoms with Crippen LogP contribution >= 0.6 is 0 Å². The molecule has 3 nitrogen and oxygen atoms in total. The Morgan fingerprint density at radius 2 is 2.06 bits per heavy atom. The standard InChI is InChI=1S/C14H28N2O/c1-5-8-16(10(2)3)14(17)13-9-12(15)7-6-11(13)4/h10-13H,5-9,15H2,1-4H3. The second-order valence-electron chi connectivity index (χ2n) is 5.78. The topological polar surface area (TPSA) is 46.3 Å². The Kier molecular flexibility index (Phi) is 5.44. The summed E-state index contributed by atoms with van der Waals surface area (Å²) in [6.07, 6.45) is 4.06. The molecule has 2 N–H and O–H groups in total. The molecule has 100 valence electrons. The fraction of sp³-hybridized carbons (Fsp3) is 0.929. The van der Waals surface area contributed by atoms with Crippen LogP contribution in [0.3, 0.4) is 0 Å². The molecule has 1 aliphatic rings. The summed E-state index contributed by atoms with van der Waals surface area (Å²) in [6.45, 7) is 9.38. The van der Waals surface area contributed by atoms with Gasteiger partial charge in [0.2, 0.25) is 5.91 Å². The van der Waals surface area contributed by atoms with Gasteiger partial charge in [0, 0.05) is 24.5 Å². The number of carbonyl (C=O) groups excluding carboxylic acids is 1. The number of amides is 1. The van der Waals surface area contributed by atoms with Crippen molar-refractivity contribution in [1.82, 2.24) is 4.90 Å². The van der Waals surface area contributed by atoms with Crippen molar-refractivity contribution in [2.45, 2.75) is 65.5 Å². The van der Waals surface area contributed by atoms with E-state index in [1.807, 2.05) is 4.90 Å². The van der Waals surface area contributed by atoms with Crippen molar-refractivity contribution in [3.8, 4) is 0 Å². The zero-order valence-electron chi connectivity index (χ0n) is 11.8. The van der Waals surface area contributed by atoms with Gasteiger partial charge >= 0.3 is 0 Å². The molecule has 0 bridgehead atoms. The highest BCUT2D eigenvalue weighted by Crippen LogP contribution is 2.31. The van der Waals surface area contributed by atoms with Gasteiger partial charge in [-0.3, -0.25) is 4.79 Å². The van der Waals surface area contributed by atoms with Crippen LogP contribution in [-0.4, -0.2) is 29.4 Å². The highest BCUT2D eigenvalue weighted by Gasteiger charge is 2.34. The number of nitrogens with zero attached hydrogens (tertiary/aromatic N) is 1. The van der Waals surface area contributed by atoms with Crippen LogP contribution in [0.4, 0.5) is 0 Å². The summed E-state index contributed by atoms with van der Waals surface area (Å²) in [5, 5.41) is 0. The zero-order valence-corrected chi connectivity index (χ0v) is 11.8. The third-order valence-corrected chi connectivity index (χ3v) is 3.92. The van der Waals surface area contributed by atoms with E-state index in [-0.39, 0.29) is 12.0 Å². The molecule has 1 amide bonds. The summed E-state index contributed by atoms with van der Waals surface area (Å²) in [5.41, 5.74) is 6.00. The smallest absolute Gasteiger partial charge is 0.226 e. The average molecular weight is 240 g/mol. The van der Waals surface area contributed by atoms with Gasteiger partial charge in [0.1, 0.15) is 0 Å². The SMILES string of the molecule is CCCN(C(=O)C1CC(N)CCC1C)C(C)C. The van der Waals surface area contributed by atoms with E-state index in [0.29, 0.717) is 17.9 Å². The Bertz CT molecular complexity index is 253. The lowest BCUT2D eigenvalue weighted by molar-refractivity contribution is -0.140. The molecule has 0 saturated heterocycles. The molecule has 0 aromatic rings. The Morgan fingerprint density at radius 3 is 2.59 bits per heavy atom. The zero-order chi connectivity index (χ0) is 13.0. The van der Waals surface area contributed by atoms with Crippen LogP contribution in [0, 0.1) is 11.8 Å². The van der Waals surface area contributed by atoms with Crippen molar-refractivity contribution < 1.29 is 4.79 Å². The summed E-state index contributed by atoms with van der Waals surface area (Å²) < 4.78 is 0. The van der Waals surface area contributed by atoms with Crippen LogP contribution in [0.15, 0.2) is 0 Å². The van der Waals surface area contributed by atoms with Crippen LogP contribution in [-0.2, 0) is 4.79 Å². The van der Waals surface area contributed by atoms with Gasteiger partial charge in [0.05, 0.1) is 0 Å². The van der Waals surface area contributed by atoms with E-state index in [9.17, 15) is 4.79 Å². The minimum absolute atomic E-state index is 0.146. The monoisotopic (exact) mass is 240 g/mol. The summed E-state index contributed by atoms with van der Waals surface area (Å²) in [6, 6.07) is 0.517. The Morgan fingerprint density at radius 1 is 1.41 bits per heavy atom. The Labute approximate surface area is 106 Å². The van der Waals surface area contributed by atoms with Gasteiger partial charge in [-0.1, -0.05) is 13.8 Å². The lowest BCUT2D eigenvalue weighted by atomic mass is 9.77. The molecule has 1 fully saturated rings. The molecular weight excluding hydrogens is 212 g/mol. The first-order chi connectivity index (χ1) is 7.97. The first-order valence-corrected chi connectivity index (χ1v) is 7.03. The molecule has 1 saturated carbocycles. The first kappa shape index (κ1) is 14.5. The Hall–Kier alpha value is -0.570. The molecule has 0 spiro atoms. The fourth-order valence-electron chi connectivity index (χ4n) is 2.78. The highest BCUT2D eigenvalue weighted by atomic mass is 16.2. The third-order valence-electron chi connectivity index (χ3n) is 3.92. The summed E-state index contributed by atoms with van der Waals surface area (Å²) in [7, 11) is 0. The quantitative estimate of drug-likeness (QED) is 0.820. The maximum Gasteiger partial charge on any atom is 0.226 e. The van der Waals surface area contributed by atoms with Gasteiger partial charge in [-0.05, 0) is 45.4 Å². The molecule has 0 heterocycles. The van der Waals surface area contributed by atoms with Crippen molar-refractivity contribution >= 4 is 5.91 Å². The van der Waals surface area contributed by atoms with E-state index in [0.717, 1.165) is 32.2 Å². The van der Waals surface area contributed by atoms with E-state index in [1.165, 1.54) is 0 Å². The van der Waals surface area contributed by atoms with Crippen molar-refractivity contribution in [1.29, 1.82) is 0 Å². The number of hydrogen-bond acceptors (Lipinski definition) is 2. The van der Waals surface area contributed by atoms with Crippen molar-refractivity contribution in [3.63, 3.8) is 0 Å². The second-order valence-corrected chi connectivity index (χ2v) is 5.78. The largest absolute Gasteiger partial charge is 0.340 e. The van der Waals surface area contributed by atoms with Gasteiger partial charge in [-0.2, -0.15) is 0 Å². The fourth-order valence-corrected chi connectivity index (χ4v) is 2.78. The maximum atomic E-state index is 12.6. The van der Waals surface area contributed by atoms with Crippen molar-refractivity contribution in [2.75, 3.05) is 6.54 Å². The van der Waals surface area contributed by atoms with E-state index in [1.54, 1.807) is 0 Å². The first-order valence-electron chi connectivity index (χ1n) is 7.03. The van der Waals surface area contributed by atoms with Gasteiger partial charge < -0.3 is 10.6 Å². The normalized spacial score (nSPS) is 29.4. The predicted octanol–water partition coefficient (Wildman–Crippen LogP) is 2.40. The molecule has 0 aromatic heterocycles. The predicted molar refractivity (Wildman–Crippen MR) is 71.6 cm³/mol. The number of carbonyl (C=O) groups is 1. The van der Waals surface area contributed by atoms with E-state index >= 15 is 0 Å². The Balaban J connectivity index is 2.71. The van der Waals surface area contributed by atoms with Crippen LogP contribution in [0.5, 0.6) is 0 Å². The molecular formula is C14H28N2O. The molecule has 17 heavy (non-hydrogen) atoms. The number of rotatable bonds is 4.